The molecule has 0 spiro atoms. The van der Waals surface area contributed by atoms with Crippen molar-refractivity contribution in [3.05, 3.63) is 53.9 Å². The zero-order valence-corrected chi connectivity index (χ0v) is 14.2. The largest absolute Gasteiger partial charge is 0.497 e. The Bertz CT molecular complexity index is 700. The number of carbonyl (C=O) groups excluding carboxylic acids is 1. The summed E-state index contributed by atoms with van der Waals surface area (Å²) < 4.78 is 5.21. The maximum absolute atomic E-state index is 12.7. The van der Waals surface area contributed by atoms with Crippen molar-refractivity contribution in [2.75, 3.05) is 38.2 Å². The van der Waals surface area contributed by atoms with E-state index in [2.05, 4.69) is 22.0 Å². The summed E-state index contributed by atoms with van der Waals surface area (Å²) in [6.45, 7) is 5.15. The quantitative estimate of drug-likeness (QED) is 0.870. The molecule has 2 aromatic rings. The van der Waals surface area contributed by atoms with Crippen LogP contribution in [0.4, 0.5) is 5.69 Å². The highest BCUT2D eigenvalue weighted by molar-refractivity contribution is 5.92. The predicted octanol–water partition coefficient (Wildman–Crippen LogP) is 2.75. The van der Waals surface area contributed by atoms with Crippen LogP contribution in [-0.2, 0) is 0 Å². The molecule has 2 heterocycles. The van der Waals surface area contributed by atoms with Gasteiger partial charge in [-0.25, -0.2) is 4.98 Å². The van der Waals surface area contributed by atoms with Gasteiger partial charge in [0.05, 0.1) is 7.11 Å². The molecular formula is C19H23N3O2. The van der Waals surface area contributed by atoms with Gasteiger partial charge in [0.25, 0.3) is 5.91 Å². The number of aromatic nitrogens is 1. The van der Waals surface area contributed by atoms with Gasteiger partial charge in [0.15, 0.2) is 0 Å². The van der Waals surface area contributed by atoms with E-state index in [1.54, 1.807) is 13.2 Å². The minimum absolute atomic E-state index is 0.0234. The van der Waals surface area contributed by atoms with Gasteiger partial charge in [-0.1, -0.05) is 6.07 Å². The fourth-order valence-corrected chi connectivity index (χ4v) is 3.00. The molecule has 0 bridgehead atoms. The Morgan fingerprint density at radius 2 is 1.83 bits per heavy atom. The van der Waals surface area contributed by atoms with Gasteiger partial charge in [0.1, 0.15) is 11.4 Å². The molecule has 1 aliphatic rings. The van der Waals surface area contributed by atoms with Crippen molar-refractivity contribution in [1.29, 1.82) is 0 Å². The van der Waals surface area contributed by atoms with Crippen molar-refractivity contribution < 1.29 is 9.53 Å². The molecule has 1 fully saturated rings. The van der Waals surface area contributed by atoms with Gasteiger partial charge in [-0.15, -0.1) is 0 Å². The summed E-state index contributed by atoms with van der Waals surface area (Å²) in [4.78, 5) is 21.2. The maximum Gasteiger partial charge on any atom is 0.272 e. The molecular weight excluding hydrogens is 302 g/mol. The summed E-state index contributed by atoms with van der Waals surface area (Å²) in [6.07, 6.45) is 0.948. The number of hydrogen-bond donors (Lipinski definition) is 0. The minimum atomic E-state index is 0.0234. The third-order valence-electron chi connectivity index (χ3n) is 4.33. The fraction of sp³-hybridized carbons (Fsp3) is 0.368. The van der Waals surface area contributed by atoms with Crippen LogP contribution in [0.1, 0.15) is 22.6 Å². The normalized spacial score (nSPS) is 15.1. The molecule has 0 aliphatic carbocycles. The molecule has 0 saturated carbocycles. The average molecular weight is 325 g/mol. The Balaban J connectivity index is 1.67. The number of benzene rings is 1. The molecule has 3 rings (SSSR count). The number of ether oxygens (including phenoxy) is 1. The van der Waals surface area contributed by atoms with E-state index in [1.165, 1.54) is 5.69 Å². The van der Waals surface area contributed by atoms with E-state index in [1.807, 2.05) is 36.1 Å². The van der Waals surface area contributed by atoms with Gasteiger partial charge in [0.2, 0.25) is 0 Å². The van der Waals surface area contributed by atoms with E-state index in [0.29, 0.717) is 12.2 Å². The monoisotopic (exact) mass is 325 g/mol. The van der Waals surface area contributed by atoms with Crippen LogP contribution in [-0.4, -0.2) is 49.1 Å². The topological polar surface area (TPSA) is 45.7 Å². The van der Waals surface area contributed by atoms with Crippen molar-refractivity contribution in [3.8, 4) is 5.75 Å². The van der Waals surface area contributed by atoms with Crippen molar-refractivity contribution in [3.63, 3.8) is 0 Å². The third kappa shape index (κ3) is 3.67. The number of rotatable bonds is 3. The molecule has 0 atom stereocenters. The Morgan fingerprint density at radius 1 is 1.04 bits per heavy atom. The van der Waals surface area contributed by atoms with Gasteiger partial charge >= 0.3 is 0 Å². The lowest BCUT2D eigenvalue weighted by Gasteiger charge is -2.23. The molecule has 1 aromatic heterocycles. The minimum Gasteiger partial charge on any atom is -0.497 e. The average Bonchev–Trinajstić information content (AvgIpc) is 2.87. The fourth-order valence-electron chi connectivity index (χ4n) is 3.00. The molecule has 5 heteroatoms. The van der Waals surface area contributed by atoms with E-state index in [9.17, 15) is 4.79 Å². The van der Waals surface area contributed by atoms with Gasteiger partial charge in [-0.3, -0.25) is 4.79 Å². The van der Waals surface area contributed by atoms with E-state index in [4.69, 9.17) is 4.74 Å². The highest BCUT2D eigenvalue weighted by Gasteiger charge is 2.21. The van der Waals surface area contributed by atoms with Crippen LogP contribution >= 0.6 is 0 Å². The van der Waals surface area contributed by atoms with Crippen LogP contribution in [0.5, 0.6) is 5.75 Å². The molecule has 1 aliphatic heterocycles. The molecule has 1 aromatic carbocycles. The molecule has 0 unspecified atom stereocenters. The number of carbonyl (C=O) groups is 1. The summed E-state index contributed by atoms with van der Waals surface area (Å²) in [5.74, 6) is 0.881. The lowest BCUT2D eigenvalue weighted by Crippen LogP contribution is -2.35. The van der Waals surface area contributed by atoms with Crippen molar-refractivity contribution in [2.24, 2.45) is 0 Å². The van der Waals surface area contributed by atoms with Crippen LogP contribution in [0.3, 0.4) is 0 Å². The standard InChI is InChI=1S/C19H23N3O2/c1-15-5-3-6-18(20-15)19(23)22-12-4-11-21(13-14-22)16-7-9-17(24-2)10-8-16/h3,5-10H,4,11-14H2,1-2H3. The summed E-state index contributed by atoms with van der Waals surface area (Å²) in [7, 11) is 1.67. The maximum atomic E-state index is 12.7. The Kier molecular flexibility index (Phi) is 4.99. The van der Waals surface area contributed by atoms with Crippen molar-refractivity contribution in [2.45, 2.75) is 13.3 Å². The van der Waals surface area contributed by atoms with E-state index < -0.39 is 0 Å². The van der Waals surface area contributed by atoms with Gasteiger partial charge in [0, 0.05) is 37.6 Å². The second-order valence-electron chi connectivity index (χ2n) is 6.00. The number of methoxy groups -OCH3 is 1. The first-order valence-corrected chi connectivity index (χ1v) is 8.29. The van der Waals surface area contributed by atoms with Crippen LogP contribution in [0.2, 0.25) is 0 Å². The number of pyridine rings is 1. The van der Waals surface area contributed by atoms with E-state index in [-0.39, 0.29) is 5.91 Å². The predicted molar refractivity (Wildman–Crippen MR) is 94.7 cm³/mol. The lowest BCUT2D eigenvalue weighted by molar-refractivity contribution is 0.0761. The second-order valence-corrected chi connectivity index (χ2v) is 6.00. The molecule has 0 radical (unpaired) electrons. The molecule has 0 N–H and O–H groups in total. The highest BCUT2D eigenvalue weighted by Crippen LogP contribution is 2.21. The highest BCUT2D eigenvalue weighted by atomic mass is 16.5. The first-order valence-electron chi connectivity index (χ1n) is 8.29. The summed E-state index contributed by atoms with van der Waals surface area (Å²) in [5, 5.41) is 0. The SMILES string of the molecule is COc1ccc(N2CCCN(C(=O)c3cccc(C)n3)CC2)cc1. The van der Waals surface area contributed by atoms with E-state index >= 15 is 0 Å². The zero-order valence-electron chi connectivity index (χ0n) is 14.2. The Hall–Kier alpha value is -2.56. The summed E-state index contributed by atoms with van der Waals surface area (Å²) >= 11 is 0. The van der Waals surface area contributed by atoms with Crippen molar-refractivity contribution in [1.82, 2.24) is 9.88 Å². The second kappa shape index (κ2) is 7.34. The number of aryl methyl sites for hydroxylation is 1. The first-order chi connectivity index (χ1) is 11.7. The van der Waals surface area contributed by atoms with E-state index in [0.717, 1.165) is 37.5 Å². The number of hydrogen-bond acceptors (Lipinski definition) is 4. The molecule has 1 saturated heterocycles. The van der Waals surface area contributed by atoms with Gasteiger partial charge in [-0.2, -0.15) is 0 Å². The van der Waals surface area contributed by atoms with Crippen LogP contribution < -0.4 is 9.64 Å². The Labute approximate surface area is 142 Å². The first kappa shape index (κ1) is 16.3. The van der Waals surface area contributed by atoms with Crippen LogP contribution in [0.25, 0.3) is 0 Å². The molecule has 1 amide bonds. The summed E-state index contributed by atoms with van der Waals surface area (Å²) in [6, 6.07) is 13.7. The number of nitrogens with zero attached hydrogens (tertiary/aromatic N) is 3. The van der Waals surface area contributed by atoms with Crippen LogP contribution in [0.15, 0.2) is 42.5 Å². The summed E-state index contributed by atoms with van der Waals surface area (Å²) in [5.41, 5.74) is 2.57. The molecule has 126 valence electrons. The smallest absolute Gasteiger partial charge is 0.272 e. The zero-order chi connectivity index (χ0) is 16.9. The van der Waals surface area contributed by atoms with Gasteiger partial charge < -0.3 is 14.5 Å². The number of anilines is 1. The molecule has 5 nitrogen and oxygen atoms in total. The van der Waals surface area contributed by atoms with Crippen LogP contribution in [0, 0.1) is 6.92 Å². The third-order valence-corrected chi connectivity index (χ3v) is 4.33. The lowest BCUT2D eigenvalue weighted by atomic mass is 10.2. The Morgan fingerprint density at radius 3 is 2.54 bits per heavy atom. The molecule has 24 heavy (non-hydrogen) atoms. The number of amides is 1. The van der Waals surface area contributed by atoms with Crippen molar-refractivity contribution >= 4 is 11.6 Å². The van der Waals surface area contributed by atoms with Gasteiger partial charge in [-0.05, 0) is 49.7 Å².